The minimum atomic E-state index is -0.492. The number of H-pyrrole nitrogens is 1. The number of para-hydroxylation sites is 1. The summed E-state index contributed by atoms with van der Waals surface area (Å²) < 4.78 is 11.9. The number of piperidine rings is 1. The number of likely N-dealkylation sites (tertiary alicyclic amines) is 1. The fourth-order valence-electron chi connectivity index (χ4n) is 3.28. The lowest BCUT2D eigenvalue weighted by molar-refractivity contribution is -0.0825. The highest BCUT2D eigenvalue weighted by molar-refractivity contribution is 5.95. The van der Waals surface area contributed by atoms with Crippen LogP contribution in [0.15, 0.2) is 30.5 Å². The molecule has 134 valence electrons. The van der Waals surface area contributed by atoms with Crippen LogP contribution in [0.3, 0.4) is 0 Å². The van der Waals surface area contributed by atoms with E-state index in [1.807, 2.05) is 43.0 Å². The molecule has 1 fully saturated rings. The molecular weight excluding hydrogens is 318 g/mol. The molecule has 0 spiro atoms. The summed E-state index contributed by atoms with van der Waals surface area (Å²) in [5, 5.41) is 6.77. The Morgan fingerprint density at radius 2 is 2.16 bits per heavy atom. The lowest BCUT2D eigenvalue weighted by Crippen LogP contribution is -2.54. The Bertz CT molecular complexity index is 743. The summed E-state index contributed by atoms with van der Waals surface area (Å²) in [4.78, 5) is 14.6. The number of rotatable bonds is 5. The average molecular weight is 343 g/mol. The molecule has 6 heteroatoms. The first kappa shape index (κ1) is 17.5. The molecule has 0 radical (unpaired) electrons. The molecule has 2 aromatic rings. The maximum absolute atomic E-state index is 12.8. The molecule has 25 heavy (non-hydrogen) atoms. The number of hydrogen-bond acceptors (Lipinski definition) is 4. The van der Waals surface area contributed by atoms with E-state index in [9.17, 15) is 4.79 Å². The van der Waals surface area contributed by atoms with Gasteiger partial charge in [-0.2, -0.15) is 5.10 Å². The number of nitrogens with zero attached hydrogens (tertiary/aromatic N) is 2. The van der Waals surface area contributed by atoms with Crippen LogP contribution in [0.5, 0.6) is 5.75 Å². The molecule has 0 saturated carbocycles. The van der Waals surface area contributed by atoms with Crippen molar-refractivity contribution in [3.05, 3.63) is 47.3 Å². The lowest BCUT2D eigenvalue weighted by Gasteiger charge is -2.41. The second kappa shape index (κ2) is 7.27. The van der Waals surface area contributed by atoms with Crippen LogP contribution in [0.4, 0.5) is 0 Å². The number of methoxy groups -OCH3 is 1. The number of amides is 1. The molecule has 1 aliphatic heterocycles. The molecule has 0 bridgehead atoms. The third kappa shape index (κ3) is 3.69. The maximum Gasteiger partial charge on any atom is 0.257 e. The second-order valence-electron chi connectivity index (χ2n) is 6.68. The zero-order valence-corrected chi connectivity index (χ0v) is 15.0. The number of carbonyl (C=O) groups excluding carboxylic acids is 1. The van der Waals surface area contributed by atoms with E-state index in [0.717, 1.165) is 36.4 Å². The van der Waals surface area contributed by atoms with Gasteiger partial charge in [-0.25, -0.2) is 0 Å². The molecule has 1 aromatic carbocycles. The topological polar surface area (TPSA) is 67.5 Å². The predicted molar refractivity (Wildman–Crippen MR) is 94.9 cm³/mol. The maximum atomic E-state index is 12.8. The van der Waals surface area contributed by atoms with Crippen molar-refractivity contribution in [2.24, 2.45) is 0 Å². The molecule has 1 aromatic heterocycles. The van der Waals surface area contributed by atoms with Crippen molar-refractivity contribution in [1.82, 2.24) is 15.1 Å². The number of hydrogen-bond donors (Lipinski definition) is 1. The van der Waals surface area contributed by atoms with Crippen molar-refractivity contribution in [2.75, 3.05) is 26.8 Å². The Hall–Kier alpha value is -2.34. The molecule has 1 amide bonds. The van der Waals surface area contributed by atoms with Gasteiger partial charge in [0.25, 0.3) is 5.91 Å². The third-order valence-corrected chi connectivity index (χ3v) is 4.90. The molecule has 2 heterocycles. The van der Waals surface area contributed by atoms with Crippen molar-refractivity contribution >= 4 is 5.91 Å². The summed E-state index contributed by atoms with van der Waals surface area (Å²) in [5.41, 5.74) is 2.00. The summed E-state index contributed by atoms with van der Waals surface area (Å²) in [7, 11) is 1.69. The Morgan fingerprint density at radius 3 is 2.84 bits per heavy atom. The Morgan fingerprint density at radius 1 is 1.36 bits per heavy atom. The van der Waals surface area contributed by atoms with Crippen LogP contribution in [0.2, 0.25) is 0 Å². The van der Waals surface area contributed by atoms with E-state index in [1.165, 1.54) is 0 Å². The fourth-order valence-corrected chi connectivity index (χ4v) is 3.28. The van der Waals surface area contributed by atoms with E-state index in [2.05, 4.69) is 10.2 Å². The first-order chi connectivity index (χ1) is 12.0. The van der Waals surface area contributed by atoms with Crippen LogP contribution in [0.25, 0.3) is 0 Å². The fraction of sp³-hybridized carbons (Fsp3) is 0.474. The Labute approximate surface area is 148 Å². The zero-order valence-electron chi connectivity index (χ0n) is 15.0. The van der Waals surface area contributed by atoms with Gasteiger partial charge < -0.3 is 14.4 Å². The van der Waals surface area contributed by atoms with Crippen LogP contribution in [0.1, 0.15) is 34.5 Å². The van der Waals surface area contributed by atoms with Gasteiger partial charge in [0.05, 0.1) is 18.3 Å². The van der Waals surface area contributed by atoms with Gasteiger partial charge in [0, 0.05) is 19.3 Å². The first-order valence-electron chi connectivity index (χ1n) is 8.57. The number of aromatic amines is 1. The van der Waals surface area contributed by atoms with Crippen LogP contribution < -0.4 is 4.74 Å². The normalized spacial score (nSPS) is 20.5. The zero-order chi connectivity index (χ0) is 17.9. The molecule has 3 rings (SSSR count). The Kier molecular flexibility index (Phi) is 5.08. The third-order valence-electron chi connectivity index (χ3n) is 4.90. The largest absolute Gasteiger partial charge is 0.490 e. The summed E-state index contributed by atoms with van der Waals surface area (Å²) in [5.74, 6) is 0.844. The van der Waals surface area contributed by atoms with Crippen molar-refractivity contribution < 1.29 is 14.3 Å². The standard InChI is InChI=1S/C19H25N3O3/c1-14-7-4-5-8-17(14)25-13-19(24-3)9-6-10-22(12-19)18(23)16-11-20-21-15(16)2/h4-5,7-8,11H,6,9-10,12-13H2,1-3H3,(H,20,21). The van der Waals surface area contributed by atoms with Crippen molar-refractivity contribution in [3.63, 3.8) is 0 Å². The highest BCUT2D eigenvalue weighted by Crippen LogP contribution is 2.28. The van der Waals surface area contributed by atoms with Crippen molar-refractivity contribution in [1.29, 1.82) is 0 Å². The second-order valence-corrected chi connectivity index (χ2v) is 6.68. The monoisotopic (exact) mass is 343 g/mol. The van der Waals surface area contributed by atoms with Crippen LogP contribution in [0, 0.1) is 13.8 Å². The number of carbonyl (C=O) groups is 1. The highest BCUT2D eigenvalue weighted by Gasteiger charge is 2.39. The van der Waals surface area contributed by atoms with E-state index in [-0.39, 0.29) is 5.91 Å². The molecule has 1 N–H and O–H groups in total. The van der Waals surface area contributed by atoms with Gasteiger partial charge in [0.1, 0.15) is 18.0 Å². The van der Waals surface area contributed by atoms with Gasteiger partial charge in [0.2, 0.25) is 0 Å². The smallest absolute Gasteiger partial charge is 0.257 e. The number of benzene rings is 1. The molecule has 1 atom stereocenters. The quantitative estimate of drug-likeness (QED) is 0.906. The number of aromatic nitrogens is 2. The van der Waals surface area contributed by atoms with E-state index in [1.54, 1.807) is 13.3 Å². The van der Waals surface area contributed by atoms with Gasteiger partial charge in [0.15, 0.2) is 0 Å². The highest BCUT2D eigenvalue weighted by atomic mass is 16.5. The van der Waals surface area contributed by atoms with E-state index >= 15 is 0 Å². The van der Waals surface area contributed by atoms with E-state index in [0.29, 0.717) is 18.7 Å². The summed E-state index contributed by atoms with van der Waals surface area (Å²) in [6.07, 6.45) is 3.34. The SMILES string of the molecule is COC1(COc2ccccc2C)CCCN(C(=O)c2cn[nH]c2C)C1. The van der Waals surface area contributed by atoms with E-state index < -0.39 is 5.60 Å². The van der Waals surface area contributed by atoms with Crippen LogP contribution >= 0.6 is 0 Å². The van der Waals surface area contributed by atoms with Gasteiger partial charge in [-0.3, -0.25) is 9.89 Å². The summed E-state index contributed by atoms with van der Waals surface area (Å²) >= 11 is 0. The van der Waals surface area contributed by atoms with Gasteiger partial charge in [-0.05, 0) is 38.3 Å². The van der Waals surface area contributed by atoms with Crippen molar-refractivity contribution in [3.8, 4) is 5.75 Å². The number of aryl methyl sites for hydroxylation is 2. The number of nitrogens with one attached hydrogen (secondary N) is 1. The summed E-state index contributed by atoms with van der Waals surface area (Å²) in [6, 6.07) is 7.93. The van der Waals surface area contributed by atoms with Crippen molar-refractivity contribution in [2.45, 2.75) is 32.3 Å². The van der Waals surface area contributed by atoms with Gasteiger partial charge in [-0.15, -0.1) is 0 Å². The van der Waals surface area contributed by atoms with E-state index in [4.69, 9.17) is 9.47 Å². The van der Waals surface area contributed by atoms with Crippen LogP contribution in [-0.2, 0) is 4.74 Å². The molecule has 1 saturated heterocycles. The average Bonchev–Trinajstić information content (AvgIpc) is 3.06. The molecule has 1 unspecified atom stereocenters. The number of ether oxygens (including phenoxy) is 2. The predicted octanol–water partition coefficient (Wildman–Crippen LogP) is 2.73. The first-order valence-corrected chi connectivity index (χ1v) is 8.57. The molecular formula is C19H25N3O3. The minimum Gasteiger partial charge on any atom is -0.490 e. The van der Waals surface area contributed by atoms with Gasteiger partial charge in [-0.1, -0.05) is 18.2 Å². The Balaban J connectivity index is 1.71. The minimum absolute atomic E-state index is 0.0109. The molecule has 0 aliphatic carbocycles. The lowest BCUT2D eigenvalue weighted by atomic mass is 9.92. The molecule has 1 aliphatic rings. The molecule has 6 nitrogen and oxygen atoms in total. The summed E-state index contributed by atoms with van der Waals surface area (Å²) in [6.45, 7) is 5.53. The van der Waals surface area contributed by atoms with Crippen LogP contribution in [-0.4, -0.2) is 53.4 Å². The van der Waals surface area contributed by atoms with Gasteiger partial charge >= 0.3 is 0 Å².